The van der Waals surface area contributed by atoms with Crippen LogP contribution >= 0.6 is 11.6 Å². The maximum absolute atomic E-state index is 6.05. The van der Waals surface area contributed by atoms with Crippen LogP contribution in [0, 0.1) is 17.8 Å². The standard InChI is InChI=1S/C23H35Cl/c1-2-3-4-5-6-7-18-8-9-22-17-21(11-10-20(22)16-18)19-12-14-23(24)15-13-19/h12-15,18,20-22H,2-11,16-17H2,1H3/t18?,20-,21-,22-/m1/s1. The van der Waals surface area contributed by atoms with E-state index in [1.807, 2.05) is 0 Å². The molecule has 0 saturated heterocycles. The van der Waals surface area contributed by atoms with Crippen LogP contribution in [0.25, 0.3) is 0 Å². The van der Waals surface area contributed by atoms with Crippen LogP contribution in [-0.4, -0.2) is 0 Å². The van der Waals surface area contributed by atoms with Gasteiger partial charge in [-0.3, -0.25) is 0 Å². The normalized spacial score (nSPS) is 30.1. The molecule has 2 saturated carbocycles. The summed E-state index contributed by atoms with van der Waals surface area (Å²) >= 11 is 6.05. The second-order valence-electron chi connectivity index (χ2n) is 8.46. The molecule has 0 heterocycles. The summed E-state index contributed by atoms with van der Waals surface area (Å²) in [6.07, 6.45) is 17.5. The smallest absolute Gasteiger partial charge is 0.0406 e. The molecule has 0 aromatic heterocycles. The van der Waals surface area contributed by atoms with Gasteiger partial charge in [0.25, 0.3) is 0 Å². The second kappa shape index (κ2) is 9.27. The average Bonchev–Trinajstić information content (AvgIpc) is 2.62. The molecule has 0 radical (unpaired) electrons. The van der Waals surface area contributed by atoms with Crippen molar-refractivity contribution in [2.45, 2.75) is 89.9 Å². The predicted molar refractivity (Wildman–Crippen MR) is 106 cm³/mol. The predicted octanol–water partition coefficient (Wildman–Crippen LogP) is 8.00. The van der Waals surface area contributed by atoms with E-state index in [9.17, 15) is 0 Å². The van der Waals surface area contributed by atoms with Crippen LogP contribution in [0.3, 0.4) is 0 Å². The lowest BCUT2D eigenvalue weighted by atomic mass is 9.63. The summed E-state index contributed by atoms with van der Waals surface area (Å²) < 4.78 is 0. The Morgan fingerprint density at radius 1 is 0.833 bits per heavy atom. The lowest BCUT2D eigenvalue weighted by Crippen LogP contribution is -2.30. The summed E-state index contributed by atoms with van der Waals surface area (Å²) in [7, 11) is 0. The third kappa shape index (κ3) is 5.01. The summed E-state index contributed by atoms with van der Waals surface area (Å²) in [6, 6.07) is 8.65. The maximum atomic E-state index is 6.05. The molecule has 1 unspecified atom stereocenters. The summed E-state index contributed by atoms with van der Waals surface area (Å²) in [5, 5.41) is 0.867. The number of hydrogen-bond acceptors (Lipinski definition) is 0. The lowest BCUT2D eigenvalue weighted by Gasteiger charge is -2.42. The van der Waals surface area contributed by atoms with Gasteiger partial charge < -0.3 is 0 Å². The van der Waals surface area contributed by atoms with E-state index in [4.69, 9.17) is 11.6 Å². The van der Waals surface area contributed by atoms with E-state index in [1.165, 1.54) is 82.6 Å². The fraction of sp³-hybridized carbons (Fsp3) is 0.739. The molecule has 2 aliphatic rings. The summed E-state index contributed by atoms with van der Waals surface area (Å²) in [5.41, 5.74) is 1.52. The van der Waals surface area contributed by atoms with Crippen LogP contribution in [0.5, 0.6) is 0 Å². The Balaban J connectivity index is 1.43. The topological polar surface area (TPSA) is 0 Å². The Bertz CT molecular complexity index is 477. The zero-order valence-corrected chi connectivity index (χ0v) is 16.2. The average molecular weight is 347 g/mol. The molecule has 0 amide bonds. The SMILES string of the molecule is CCCCCCCC1CC[C@@H]2C[C@H](c3ccc(Cl)cc3)CC[C@@H]2C1. The fourth-order valence-electron chi connectivity index (χ4n) is 5.32. The first-order valence-electron chi connectivity index (χ1n) is 10.5. The molecule has 134 valence electrons. The van der Waals surface area contributed by atoms with Gasteiger partial charge in [-0.1, -0.05) is 75.6 Å². The first-order chi connectivity index (χ1) is 11.8. The first-order valence-corrected chi connectivity index (χ1v) is 10.9. The highest BCUT2D eigenvalue weighted by Crippen LogP contribution is 2.48. The van der Waals surface area contributed by atoms with E-state index in [2.05, 4.69) is 31.2 Å². The van der Waals surface area contributed by atoms with Crippen molar-refractivity contribution in [3.05, 3.63) is 34.9 Å². The van der Waals surface area contributed by atoms with Crippen molar-refractivity contribution >= 4 is 11.6 Å². The van der Waals surface area contributed by atoms with Gasteiger partial charge in [-0.15, -0.1) is 0 Å². The Morgan fingerprint density at radius 2 is 1.54 bits per heavy atom. The van der Waals surface area contributed by atoms with Crippen molar-refractivity contribution in [2.24, 2.45) is 17.8 Å². The van der Waals surface area contributed by atoms with Gasteiger partial charge in [-0.2, -0.15) is 0 Å². The molecule has 0 aliphatic heterocycles. The van der Waals surface area contributed by atoms with Crippen LogP contribution in [0.4, 0.5) is 0 Å². The second-order valence-corrected chi connectivity index (χ2v) is 8.90. The molecule has 2 aliphatic carbocycles. The van der Waals surface area contributed by atoms with Gasteiger partial charge in [0.05, 0.1) is 0 Å². The van der Waals surface area contributed by atoms with Crippen LogP contribution in [-0.2, 0) is 0 Å². The molecule has 3 rings (SSSR count). The van der Waals surface area contributed by atoms with Crippen LogP contribution in [0.1, 0.15) is 95.5 Å². The molecular weight excluding hydrogens is 312 g/mol. The number of fused-ring (bicyclic) bond motifs is 1. The molecule has 1 aromatic rings. The highest BCUT2D eigenvalue weighted by Gasteiger charge is 2.35. The summed E-state index contributed by atoms with van der Waals surface area (Å²) in [4.78, 5) is 0. The molecular formula is C23H35Cl. The minimum absolute atomic E-state index is 0.786. The highest BCUT2D eigenvalue weighted by atomic mass is 35.5. The Morgan fingerprint density at radius 3 is 2.33 bits per heavy atom. The molecule has 0 nitrogen and oxygen atoms in total. The molecule has 24 heavy (non-hydrogen) atoms. The van der Waals surface area contributed by atoms with E-state index in [0.717, 1.165) is 28.7 Å². The molecule has 2 fully saturated rings. The van der Waals surface area contributed by atoms with Crippen molar-refractivity contribution in [3.8, 4) is 0 Å². The number of benzene rings is 1. The largest absolute Gasteiger partial charge is 0.0843 e. The van der Waals surface area contributed by atoms with Gasteiger partial charge in [0.1, 0.15) is 0 Å². The van der Waals surface area contributed by atoms with Crippen molar-refractivity contribution in [1.82, 2.24) is 0 Å². The molecule has 0 bridgehead atoms. The Labute approximate surface area is 154 Å². The van der Waals surface area contributed by atoms with E-state index in [-0.39, 0.29) is 0 Å². The van der Waals surface area contributed by atoms with Crippen molar-refractivity contribution in [1.29, 1.82) is 0 Å². The van der Waals surface area contributed by atoms with E-state index < -0.39 is 0 Å². The van der Waals surface area contributed by atoms with Crippen LogP contribution in [0.2, 0.25) is 5.02 Å². The van der Waals surface area contributed by atoms with Crippen LogP contribution < -0.4 is 0 Å². The van der Waals surface area contributed by atoms with E-state index in [0.29, 0.717) is 0 Å². The van der Waals surface area contributed by atoms with Crippen molar-refractivity contribution < 1.29 is 0 Å². The zero-order valence-electron chi connectivity index (χ0n) is 15.5. The maximum Gasteiger partial charge on any atom is 0.0406 e. The van der Waals surface area contributed by atoms with Gasteiger partial charge in [0.2, 0.25) is 0 Å². The molecule has 4 atom stereocenters. The minimum atomic E-state index is 0.786. The first kappa shape index (κ1) is 18.3. The molecule has 0 spiro atoms. The highest BCUT2D eigenvalue weighted by molar-refractivity contribution is 6.30. The minimum Gasteiger partial charge on any atom is -0.0843 e. The monoisotopic (exact) mass is 346 g/mol. The number of unbranched alkanes of at least 4 members (excludes halogenated alkanes) is 4. The molecule has 1 heteroatoms. The summed E-state index contributed by atoms with van der Waals surface area (Å²) in [5.74, 6) is 3.85. The Kier molecular flexibility index (Phi) is 7.07. The quantitative estimate of drug-likeness (QED) is 0.438. The van der Waals surface area contributed by atoms with Crippen molar-refractivity contribution in [3.63, 3.8) is 0 Å². The third-order valence-corrected chi connectivity index (χ3v) is 7.03. The van der Waals surface area contributed by atoms with Crippen LogP contribution in [0.15, 0.2) is 24.3 Å². The van der Waals surface area contributed by atoms with Gasteiger partial charge in [-0.25, -0.2) is 0 Å². The fourth-order valence-corrected chi connectivity index (χ4v) is 5.45. The van der Waals surface area contributed by atoms with E-state index in [1.54, 1.807) is 0 Å². The van der Waals surface area contributed by atoms with Gasteiger partial charge in [0.15, 0.2) is 0 Å². The lowest BCUT2D eigenvalue weighted by molar-refractivity contribution is 0.113. The summed E-state index contributed by atoms with van der Waals surface area (Å²) in [6.45, 7) is 2.31. The van der Waals surface area contributed by atoms with Gasteiger partial charge in [-0.05, 0) is 73.5 Å². The number of halogens is 1. The zero-order chi connectivity index (χ0) is 16.8. The van der Waals surface area contributed by atoms with Gasteiger partial charge in [0, 0.05) is 5.02 Å². The third-order valence-electron chi connectivity index (χ3n) is 6.78. The molecule has 0 N–H and O–H groups in total. The number of hydrogen-bond donors (Lipinski definition) is 0. The Hall–Kier alpha value is -0.490. The van der Waals surface area contributed by atoms with Crippen molar-refractivity contribution in [2.75, 3.05) is 0 Å². The number of rotatable bonds is 7. The van der Waals surface area contributed by atoms with Gasteiger partial charge >= 0.3 is 0 Å². The molecule has 1 aromatic carbocycles. The van der Waals surface area contributed by atoms with E-state index >= 15 is 0 Å².